The first-order valence-electron chi connectivity index (χ1n) is 5.56. The number of aromatic nitrogens is 2. The average Bonchev–Trinajstić information content (AvgIpc) is 2.60. The van der Waals surface area contributed by atoms with Crippen LogP contribution in [0.1, 0.15) is 37.2 Å². The minimum Gasteiger partial charge on any atom is -0.312 e. The Labute approximate surface area is 106 Å². The van der Waals surface area contributed by atoms with Crippen LogP contribution in [-0.4, -0.2) is 28.5 Å². The van der Waals surface area contributed by atoms with Gasteiger partial charge in [0, 0.05) is 17.7 Å². The Balaban J connectivity index is 2.21. The average molecular weight is 259 g/mol. The van der Waals surface area contributed by atoms with Crippen LogP contribution in [0.5, 0.6) is 0 Å². The van der Waals surface area contributed by atoms with E-state index in [0.717, 1.165) is 30.1 Å². The van der Waals surface area contributed by atoms with Gasteiger partial charge in [-0.2, -0.15) is 11.8 Å². The highest BCUT2D eigenvalue weighted by Crippen LogP contribution is 2.15. The molecule has 0 bridgehead atoms. The van der Waals surface area contributed by atoms with Crippen molar-refractivity contribution in [3.05, 3.63) is 10.0 Å². The molecule has 1 rings (SSSR count). The van der Waals surface area contributed by atoms with Gasteiger partial charge in [0.15, 0.2) is 0 Å². The lowest BCUT2D eigenvalue weighted by atomic mass is 10.1. The lowest BCUT2D eigenvalue weighted by Gasteiger charge is -2.20. The SMILES string of the molecule is CSCc1nnc(CCCNC(C)(C)C)s1. The Bertz CT molecular complexity index is 304. The van der Waals surface area contributed by atoms with Crippen LogP contribution in [-0.2, 0) is 12.2 Å². The third-order valence-electron chi connectivity index (χ3n) is 2.00. The molecule has 5 heteroatoms. The fraction of sp³-hybridized carbons (Fsp3) is 0.818. The molecule has 0 saturated heterocycles. The highest BCUT2D eigenvalue weighted by molar-refractivity contribution is 7.97. The molecule has 3 nitrogen and oxygen atoms in total. The van der Waals surface area contributed by atoms with E-state index in [0.29, 0.717) is 0 Å². The van der Waals surface area contributed by atoms with Crippen LogP contribution in [0.15, 0.2) is 0 Å². The monoisotopic (exact) mass is 259 g/mol. The van der Waals surface area contributed by atoms with Crippen molar-refractivity contribution >= 4 is 23.1 Å². The van der Waals surface area contributed by atoms with E-state index in [-0.39, 0.29) is 5.54 Å². The molecular formula is C11H21N3S2. The second-order valence-electron chi connectivity index (χ2n) is 4.80. The van der Waals surface area contributed by atoms with E-state index in [2.05, 4.69) is 42.5 Å². The summed E-state index contributed by atoms with van der Waals surface area (Å²) in [4.78, 5) is 0. The predicted molar refractivity (Wildman–Crippen MR) is 73.2 cm³/mol. The summed E-state index contributed by atoms with van der Waals surface area (Å²) in [5, 5.41) is 14.1. The number of nitrogens with zero attached hydrogens (tertiary/aromatic N) is 2. The maximum Gasteiger partial charge on any atom is 0.127 e. The van der Waals surface area contributed by atoms with Crippen molar-refractivity contribution in [3.8, 4) is 0 Å². The molecule has 1 aromatic rings. The summed E-state index contributed by atoms with van der Waals surface area (Å²) in [6.45, 7) is 7.61. The quantitative estimate of drug-likeness (QED) is 0.797. The summed E-state index contributed by atoms with van der Waals surface area (Å²) in [6.07, 6.45) is 4.26. The summed E-state index contributed by atoms with van der Waals surface area (Å²) < 4.78 is 0. The molecule has 0 aliphatic rings. The van der Waals surface area contributed by atoms with E-state index in [1.165, 1.54) is 5.01 Å². The van der Waals surface area contributed by atoms with E-state index >= 15 is 0 Å². The molecule has 1 aromatic heterocycles. The molecule has 0 atom stereocenters. The van der Waals surface area contributed by atoms with Gasteiger partial charge in [-0.25, -0.2) is 0 Å². The maximum absolute atomic E-state index is 4.20. The van der Waals surface area contributed by atoms with Gasteiger partial charge in [0.1, 0.15) is 10.0 Å². The molecule has 0 amide bonds. The topological polar surface area (TPSA) is 37.8 Å². The van der Waals surface area contributed by atoms with E-state index in [9.17, 15) is 0 Å². The molecule has 1 heterocycles. The summed E-state index contributed by atoms with van der Waals surface area (Å²) in [6, 6.07) is 0. The first-order chi connectivity index (χ1) is 7.51. The summed E-state index contributed by atoms with van der Waals surface area (Å²) in [5.41, 5.74) is 0.213. The third kappa shape index (κ3) is 5.82. The van der Waals surface area contributed by atoms with Crippen LogP contribution in [0.2, 0.25) is 0 Å². The zero-order chi connectivity index (χ0) is 12.0. The van der Waals surface area contributed by atoms with Crippen molar-refractivity contribution in [3.63, 3.8) is 0 Å². The van der Waals surface area contributed by atoms with Gasteiger partial charge < -0.3 is 5.32 Å². The second kappa shape index (κ2) is 6.57. The smallest absolute Gasteiger partial charge is 0.127 e. The molecule has 0 radical (unpaired) electrons. The molecule has 1 N–H and O–H groups in total. The van der Waals surface area contributed by atoms with E-state index < -0.39 is 0 Å². The maximum atomic E-state index is 4.20. The molecular weight excluding hydrogens is 238 g/mol. The van der Waals surface area contributed by atoms with Gasteiger partial charge in [0.25, 0.3) is 0 Å². The van der Waals surface area contributed by atoms with Crippen molar-refractivity contribution in [2.24, 2.45) is 0 Å². The number of hydrogen-bond acceptors (Lipinski definition) is 5. The van der Waals surface area contributed by atoms with Gasteiger partial charge in [-0.05, 0) is 40.0 Å². The number of aryl methyl sites for hydroxylation is 1. The molecule has 0 unspecified atom stereocenters. The van der Waals surface area contributed by atoms with Crippen LogP contribution in [0.4, 0.5) is 0 Å². The molecule has 0 aliphatic heterocycles. The Hall–Kier alpha value is -0.130. The molecule has 0 spiro atoms. The first kappa shape index (κ1) is 13.9. The van der Waals surface area contributed by atoms with Crippen LogP contribution in [0.25, 0.3) is 0 Å². The summed E-state index contributed by atoms with van der Waals surface area (Å²) >= 11 is 3.54. The third-order valence-corrected chi connectivity index (χ3v) is 3.73. The van der Waals surface area contributed by atoms with Gasteiger partial charge >= 0.3 is 0 Å². The van der Waals surface area contributed by atoms with E-state index in [4.69, 9.17) is 0 Å². The summed E-state index contributed by atoms with van der Waals surface area (Å²) in [5.74, 6) is 0.984. The Morgan fingerprint density at radius 1 is 1.25 bits per heavy atom. The Morgan fingerprint density at radius 3 is 2.56 bits per heavy atom. The number of nitrogens with one attached hydrogen (secondary N) is 1. The minimum absolute atomic E-state index is 0.213. The lowest BCUT2D eigenvalue weighted by molar-refractivity contribution is 0.422. The fourth-order valence-electron chi connectivity index (χ4n) is 1.27. The second-order valence-corrected chi connectivity index (χ2v) is 6.82. The van der Waals surface area contributed by atoms with Gasteiger partial charge in [0.05, 0.1) is 0 Å². The highest BCUT2D eigenvalue weighted by Gasteiger charge is 2.08. The Kier molecular flexibility index (Phi) is 5.72. The van der Waals surface area contributed by atoms with Gasteiger partial charge in [0.2, 0.25) is 0 Å². The Morgan fingerprint density at radius 2 is 1.94 bits per heavy atom. The zero-order valence-corrected chi connectivity index (χ0v) is 12.2. The van der Waals surface area contributed by atoms with Crippen molar-refractivity contribution in [2.45, 2.75) is 44.9 Å². The van der Waals surface area contributed by atoms with E-state index in [1.807, 2.05) is 0 Å². The molecule has 16 heavy (non-hydrogen) atoms. The van der Waals surface area contributed by atoms with Crippen LogP contribution in [0.3, 0.4) is 0 Å². The molecule has 0 aliphatic carbocycles. The van der Waals surface area contributed by atoms with Crippen molar-refractivity contribution in [1.82, 2.24) is 15.5 Å². The lowest BCUT2D eigenvalue weighted by Crippen LogP contribution is -2.36. The zero-order valence-electron chi connectivity index (χ0n) is 10.5. The minimum atomic E-state index is 0.213. The van der Waals surface area contributed by atoms with Crippen LogP contribution < -0.4 is 5.32 Å². The van der Waals surface area contributed by atoms with Crippen molar-refractivity contribution < 1.29 is 0 Å². The number of hydrogen-bond donors (Lipinski definition) is 1. The van der Waals surface area contributed by atoms with Crippen LogP contribution >= 0.6 is 23.1 Å². The van der Waals surface area contributed by atoms with E-state index in [1.54, 1.807) is 23.1 Å². The van der Waals surface area contributed by atoms with Crippen molar-refractivity contribution in [2.75, 3.05) is 12.8 Å². The predicted octanol–water partition coefficient (Wildman–Crippen LogP) is 2.72. The van der Waals surface area contributed by atoms with Gasteiger partial charge in [-0.15, -0.1) is 21.5 Å². The normalized spacial score (nSPS) is 12.0. The molecule has 0 aromatic carbocycles. The number of rotatable bonds is 6. The molecule has 0 fully saturated rings. The fourth-order valence-corrected chi connectivity index (χ4v) is 2.85. The van der Waals surface area contributed by atoms with Crippen LogP contribution in [0, 0.1) is 0 Å². The molecule has 0 saturated carbocycles. The summed E-state index contributed by atoms with van der Waals surface area (Å²) in [7, 11) is 0. The van der Waals surface area contributed by atoms with Gasteiger partial charge in [-0.3, -0.25) is 0 Å². The number of thioether (sulfide) groups is 1. The standard InChI is InChI=1S/C11H21N3S2/c1-11(2,3)12-7-5-6-9-13-14-10(16-9)8-15-4/h12H,5-8H2,1-4H3. The first-order valence-corrected chi connectivity index (χ1v) is 7.77. The largest absolute Gasteiger partial charge is 0.312 e. The highest BCUT2D eigenvalue weighted by atomic mass is 32.2. The molecule has 92 valence electrons. The van der Waals surface area contributed by atoms with Gasteiger partial charge in [-0.1, -0.05) is 0 Å². The van der Waals surface area contributed by atoms with Crippen molar-refractivity contribution in [1.29, 1.82) is 0 Å².